The third-order valence-electron chi connectivity index (χ3n) is 27.2. The lowest BCUT2D eigenvalue weighted by atomic mass is 10.0. The van der Waals surface area contributed by atoms with Gasteiger partial charge < -0.3 is 81.6 Å². The number of nitrogens with zero attached hydrogens (tertiary/aromatic N) is 7. The van der Waals surface area contributed by atoms with Crippen LogP contribution in [0.5, 0.6) is 0 Å². The van der Waals surface area contributed by atoms with Gasteiger partial charge in [-0.25, -0.2) is 29.5 Å². The molecule has 4 aliphatic rings. The van der Waals surface area contributed by atoms with Gasteiger partial charge in [0.1, 0.15) is 11.4 Å². The van der Waals surface area contributed by atoms with E-state index in [1.54, 1.807) is 0 Å². The highest BCUT2D eigenvalue weighted by molar-refractivity contribution is 6.41. The van der Waals surface area contributed by atoms with E-state index >= 15 is 0 Å². The Morgan fingerprint density at radius 3 is 1.16 bits per heavy atom. The molecular formula is C115H140N21O5+. The Hall–Kier alpha value is -13.8. The maximum Gasteiger partial charge on any atom is 0.346 e. The summed E-state index contributed by atoms with van der Waals surface area (Å²) in [7, 11) is 3.74. The molecule has 0 radical (unpaired) electrons. The number of hydrogen-bond acceptors (Lipinski definition) is 17. The van der Waals surface area contributed by atoms with Crippen molar-refractivity contribution in [1.82, 2.24) is 50.7 Å². The zero-order valence-corrected chi connectivity index (χ0v) is 82.6. The van der Waals surface area contributed by atoms with Crippen molar-refractivity contribution >= 4 is 85.4 Å². The van der Waals surface area contributed by atoms with Gasteiger partial charge in [-0.2, -0.15) is 0 Å². The Morgan fingerprint density at radius 2 is 0.752 bits per heavy atom. The summed E-state index contributed by atoms with van der Waals surface area (Å²) in [5.41, 5.74) is 75.4. The fourth-order valence-electron chi connectivity index (χ4n) is 18.5. The number of aromatic nitrogens is 6. The number of amides is 5. The van der Waals surface area contributed by atoms with Crippen LogP contribution in [0.3, 0.4) is 0 Å². The third-order valence-corrected chi connectivity index (χ3v) is 27.2. The Kier molecular flexibility index (Phi) is 36.4. The first-order valence-corrected chi connectivity index (χ1v) is 49.7. The maximum absolute atomic E-state index is 13.1. The second-order valence-electron chi connectivity index (χ2n) is 38.3. The lowest BCUT2D eigenvalue weighted by Gasteiger charge is -2.13. The standard InChI is InChI=1S/C27H31N5O.2C23H27N3O.2C21H27N5O/c1-19-9-11-21(12-10-19)22-13-14-25-24(16-22)31-26(27(33)30-17-23(29)8-5-15-28)32(25)18-20-6-3-2-4-7-20;2*1-15-2-6-18(7-3-15)19-8-9-20-12-22(26-21(20)11-19)23(27)25-14-17-5-4-16(10-17)13-24;1-14-5-7-15(8-6-14)16-9-10-19-18(12-16)25-20(26(19)2)21(27)24-13-17(23)4-3-11-22;1-14-5-7-15(8-6-14)16-9-10-18-19(12-16)26(2)20(25-18)21(27)24-13-17(23)4-3-11-22/h2-4,6-7,9-14,16,23H,5,8,15,17-18,28-29H2,1H3,(H,30,33);2*2-3,6-9,11,16-17H,4-5,10,12-14,24H2,1H3,(H,25,27);2*5-10,12,17H,3-4,11,13,22-23H2,1-2H3,(H,24,27)/p+1/t23-;16-,17+;16-,17-;2*17-/m01011/s1. The first-order valence-electron chi connectivity index (χ1n) is 49.7. The average Bonchev–Trinajstić information content (AvgIpc) is 1.66. The number of hydrogen-bond donors (Lipinski definition) is 14. The highest BCUT2D eigenvalue weighted by Crippen LogP contribution is 2.37. The molecule has 0 spiro atoms. The Bertz CT molecular complexity index is 6490. The van der Waals surface area contributed by atoms with Crippen LogP contribution in [-0.2, 0) is 43.1 Å². The van der Waals surface area contributed by atoms with Crippen molar-refractivity contribution in [2.24, 2.45) is 93.6 Å². The molecule has 734 valence electrons. The summed E-state index contributed by atoms with van der Waals surface area (Å²) in [5, 5.41) is 14.9. The van der Waals surface area contributed by atoms with E-state index in [1.807, 2.05) is 76.3 Å². The lowest BCUT2D eigenvalue weighted by Crippen LogP contribution is -2.43. The molecule has 2 fully saturated rings. The molecule has 26 nitrogen and oxygen atoms in total. The van der Waals surface area contributed by atoms with E-state index in [0.717, 1.165) is 196 Å². The van der Waals surface area contributed by atoms with Crippen LogP contribution in [0.2, 0.25) is 0 Å². The van der Waals surface area contributed by atoms with Gasteiger partial charge in [0.05, 0.1) is 40.5 Å². The Labute approximate surface area is 828 Å². The van der Waals surface area contributed by atoms with E-state index in [0.29, 0.717) is 111 Å². The minimum absolute atomic E-state index is 0.0284. The summed E-state index contributed by atoms with van der Waals surface area (Å²) in [6.07, 6.45) is 13.1. The van der Waals surface area contributed by atoms with Gasteiger partial charge >= 0.3 is 11.7 Å². The number of aryl methyl sites for hydroxylation is 7. The molecule has 0 unspecified atom stereocenters. The third kappa shape index (κ3) is 27.9. The first kappa shape index (κ1) is 103. The Balaban J connectivity index is 0.000000140. The normalized spacial score (nSPS) is 15.6. The molecule has 0 bridgehead atoms. The van der Waals surface area contributed by atoms with Crippen LogP contribution < -0.4 is 77.0 Å². The molecule has 5 amide bonds. The highest BCUT2D eigenvalue weighted by atomic mass is 16.2. The summed E-state index contributed by atoms with van der Waals surface area (Å²) >= 11 is 0. The quantitative estimate of drug-likeness (QED) is 0.0170. The number of H-pyrrole nitrogens is 1. The SMILES string of the molecule is Cc1ccc(-c2ccc3[nH]c(C(=O)NC[C@H](N)CCCN)[n+](C)c3c2)cc1.Cc1ccc(-c2ccc3c(c2)N=C(C(=O)NC[C@H]2CC[C@@H](CN)C2)C3)cc1.Cc1ccc(-c2ccc3c(c2)N=C(C(=O)NC[C@H]2CC[C@H](CN)C2)C3)cc1.Cc1ccc(-c2ccc3c(c2)nc(C(=O)NC[C@@H](N)CCCN)n3Cc2ccccc2)cc1.Cc1ccc(-c2ccc3c(c2)nc(C(=O)NC[C@H](N)CCCN)n3C)cc1. The molecular weight excluding hydrogens is 1760 g/mol. The summed E-state index contributed by atoms with van der Waals surface area (Å²) in [4.78, 5) is 85.0. The average molecular weight is 1900 g/mol. The van der Waals surface area contributed by atoms with Crippen LogP contribution >= 0.6 is 0 Å². The van der Waals surface area contributed by atoms with E-state index in [-0.39, 0.29) is 47.7 Å². The number of carbonyl (C=O) groups is 5. The first-order chi connectivity index (χ1) is 68.3. The van der Waals surface area contributed by atoms with Gasteiger partial charge in [-0.15, -0.1) is 0 Å². The molecule has 14 aromatic rings. The number of nitrogens with one attached hydrogen (secondary N) is 6. The van der Waals surface area contributed by atoms with Gasteiger partial charge in [0.2, 0.25) is 0 Å². The second kappa shape index (κ2) is 49.9. The number of rotatable bonds is 33. The predicted octanol–water partition coefficient (Wildman–Crippen LogP) is 15.5. The number of carbonyl (C=O) groups excluding carboxylic acids is 5. The number of fused-ring (bicyclic) bond motifs is 5. The van der Waals surface area contributed by atoms with Crippen molar-refractivity contribution < 1.29 is 28.5 Å². The van der Waals surface area contributed by atoms with Crippen molar-refractivity contribution in [2.75, 3.05) is 65.4 Å². The summed E-state index contributed by atoms with van der Waals surface area (Å²) in [5.74, 6) is 3.00. The fraction of sp³-hybridized carbons (Fsp3) is 0.339. The van der Waals surface area contributed by atoms with Crippen LogP contribution in [0.1, 0.15) is 153 Å². The van der Waals surface area contributed by atoms with Gasteiger partial charge in [0.15, 0.2) is 22.7 Å². The number of nitrogens with two attached hydrogens (primary N) is 8. The van der Waals surface area contributed by atoms with Crippen molar-refractivity contribution in [1.29, 1.82) is 0 Å². The largest absolute Gasteiger partial charge is 0.351 e. The minimum Gasteiger partial charge on any atom is -0.351 e. The zero-order chi connectivity index (χ0) is 99.6. The number of aromatic amines is 1. The molecule has 5 heterocycles. The predicted molar refractivity (Wildman–Crippen MR) is 572 cm³/mol. The molecule has 2 aliphatic carbocycles. The van der Waals surface area contributed by atoms with Crippen molar-refractivity contribution in [2.45, 2.75) is 149 Å². The molecule has 7 atom stereocenters. The van der Waals surface area contributed by atoms with Gasteiger partial charge in [0.25, 0.3) is 23.6 Å². The van der Waals surface area contributed by atoms with Crippen molar-refractivity contribution in [3.05, 3.63) is 305 Å². The summed E-state index contributed by atoms with van der Waals surface area (Å²) in [6.45, 7) is 17.0. The molecule has 0 saturated heterocycles. The van der Waals surface area contributed by atoms with E-state index < -0.39 is 0 Å². The van der Waals surface area contributed by atoms with Gasteiger partial charge in [0, 0.05) is 77.3 Å². The maximum atomic E-state index is 13.1. The van der Waals surface area contributed by atoms with Crippen molar-refractivity contribution in [3.63, 3.8) is 0 Å². The molecule has 3 aromatic heterocycles. The van der Waals surface area contributed by atoms with E-state index in [4.69, 9.17) is 50.9 Å². The Morgan fingerprint density at radius 1 is 0.397 bits per heavy atom. The van der Waals surface area contributed by atoms with Gasteiger partial charge in [-0.1, -0.05) is 216 Å². The summed E-state index contributed by atoms with van der Waals surface area (Å²) < 4.78 is 5.67. The number of aliphatic imine (C=N–C) groups is 2. The van der Waals surface area contributed by atoms with Gasteiger partial charge in [-0.05, 0) is 295 Å². The smallest absolute Gasteiger partial charge is 0.346 e. The molecule has 18 rings (SSSR count). The topological polar surface area (TPSA) is 434 Å². The number of benzene rings is 11. The van der Waals surface area contributed by atoms with E-state index in [9.17, 15) is 24.0 Å². The van der Waals surface area contributed by atoms with E-state index in [2.05, 4.69) is 275 Å². The molecule has 22 N–H and O–H groups in total. The monoisotopic (exact) mass is 1900 g/mol. The van der Waals surface area contributed by atoms with Crippen LogP contribution in [0.4, 0.5) is 11.4 Å². The minimum atomic E-state index is -0.220. The number of imidazole rings is 3. The molecule has 2 saturated carbocycles. The van der Waals surface area contributed by atoms with Gasteiger partial charge in [-0.3, -0.25) is 24.0 Å². The molecule has 26 heteroatoms. The van der Waals surface area contributed by atoms with Crippen LogP contribution in [0, 0.1) is 58.3 Å². The van der Waals surface area contributed by atoms with Crippen LogP contribution in [0.15, 0.2) is 253 Å². The van der Waals surface area contributed by atoms with Crippen LogP contribution in [0.25, 0.3) is 88.7 Å². The van der Waals surface area contributed by atoms with E-state index in [1.165, 1.54) is 51.8 Å². The molecule has 2 aliphatic heterocycles. The zero-order valence-electron chi connectivity index (χ0n) is 82.6. The lowest BCUT2D eigenvalue weighted by molar-refractivity contribution is -0.646. The van der Waals surface area contributed by atoms with Crippen molar-refractivity contribution in [3.8, 4) is 55.6 Å². The molecule has 141 heavy (non-hydrogen) atoms. The highest BCUT2D eigenvalue weighted by Gasteiger charge is 2.31. The fourth-order valence-corrected chi connectivity index (χ4v) is 18.5. The van der Waals surface area contributed by atoms with Crippen LogP contribution in [-0.4, -0.2) is 149 Å². The molecule has 11 aromatic carbocycles. The second-order valence-corrected chi connectivity index (χ2v) is 38.3. The summed E-state index contributed by atoms with van der Waals surface area (Å²) in [6, 6.07) is 82.9.